The number of alkyl halides is 3. The average Bonchev–Trinajstić information content (AvgIpc) is 2.15. The minimum absolute atomic E-state index is 0.345. The lowest BCUT2D eigenvalue weighted by Gasteiger charge is -2.22. The fraction of sp³-hybridized carbons (Fsp3) is 0.400. The standard InChI is InChI=1S/C10H12F3N2O2/c1-6(2)17-9(16)15-8-3-4-14-5-7(8)10(11,12)13/h3-6,14H,1-2H3,(H,15,16). The summed E-state index contributed by atoms with van der Waals surface area (Å²) in [6.45, 7) is 3.20. The highest BCUT2D eigenvalue weighted by Crippen LogP contribution is 2.32. The molecule has 0 unspecified atom stereocenters. The predicted molar refractivity (Wildman–Crippen MR) is 54.4 cm³/mol. The van der Waals surface area contributed by atoms with Gasteiger partial charge in [-0.25, -0.2) is 4.79 Å². The lowest BCUT2D eigenvalue weighted by atomic mass is 10.1. The fourth-order valence-electron chi connectivity index (χ4n) is 1.13. The Morgan fingerprint density at radius 3 is 2.65 bits per heavy atom. The molecular weight excluding hydrogens is 237 g/mol. The van der Waals surface area contributed by atoms with E-state index < -0.39 is 23.9 Å². The Balaban J connectivity index is 2.68. The summed E-state index contributed by atoms with van der Waals surface area (Å²) in [6.07, 6.45) is -2.70. The van der Waals surface area contributed by atoms with Gasteiger partial charge in [-0.1, -0.05) is 0 Å². The topological polar surface area (TPSA) is 50.4 Å². The largest absolute Gasteiger partial charge is 0.447 e. The van der Waals surface area contributed by atoms with Crippen LogP contribution in [0.25, 0.3) is 0 Å². The van der Waals surface area contributed by atoms with Crippen LogP contribution in [0.1, 0.15) is 13.8 Å². The summed E-state index contributed by atoms with van der Waals surface area (Å²) in [7, 11) is 0. The van der Waals surface area contributed by atoms with Gasteiger partial charge in [0.15, 0.2) is 0 Å². The molecule has 95 valence electrons. The van der Waals surface area contributed by atoms with Gasteiger partial charge in [0.1, 0.15) is 6.04 Å². The zero-order valence-electron chi connectivity index (χ0n) is 9.26. The Morgan fingerprint density at radius 1 is 1.47 bits per heavy atom. The monoisotopic (exact) mass is 249 g/mol. The van der Waals surface area contributed by atoms with E-state index in [1.165, 1.54) is 6.20 Å². The highest BCUT2D eigenvalue weighted by atomic mass is 19.4. The van der Waals surface area contributed by atoms with Gasteiger partial charge >= 0.3 is 12.3 Å². The molecule has 1 aliphatic rings. The second kappa shape index (κ2) is 5.11. The van der Waals surface area contributed by atoms with Gasteiger partial charge in [0.2, 0.25) is 0 Å². The zero-order chi connectivity index (χ0) is 13.1. The first kappa shape index (κ1) is 13.4. The summed E-state index contributed by atoms with van der Waals surface area (Å²) in [4.78, 5) is 11.2. The molecule has 0 aromatic carbocycles. The van der Waals surface area contributed by atoms with Gasteiger partial charge in [0, 0.05) is 6.20 Å². The lowest BCUT2D eigenvalue weighted by molar-refractivity contribution is -0.0920. The molecule has 0 saturated carbocycles. The summed E-state index contributed by atoms with van der Waals surface area (Å²) in [5.41, 5.74) is -0.958. The van der Waals surface area contributed by atoms with Crippen LogP contribution in [0.4, 0.5) is 18.0 Å². The maximum absolute atomic E-state index is 12.5. The van der Waals surface area contributed by atoms with Crippen LogP contribution in [0.3, 0.4) is 0 Å². The molecule has 0 aromatic rings. The second-order valence-corrected chi connectivity index (χ2v) is 3.55. The van der Waals surface area contributed by atoms with Gasteiger partial charge in [-0.15, -0.1) is 0 Å². The Hall–Kier alpha value is -1.66. The van der Waals surface area contributed by atoms with Gasteiger partial charge in [-0.3, -0.25) is 0 Å². The Labute approximate surface area is 96.5 Å². The maximum Gasteiger partial charge on any atom is 0.416 e. The van der Waals surface area contributed by atoms with Crippen molar-refractivity contribution < 1.29 is 22.7 Å². The number of halogens is 3. The summed E-state index contributed by atoms with van der Waals surface area (Å²) >= 11 is 0. The van der Waals surface area contributed by atoms with Crippen LogP contribution < -0.4 is 10.6 Å². The minimum Gasteiger partial charge on any atom is -0.447 e. The molecule has 1 radical (unpaired) electrons. The third kappa shape index (κ3) is 4.01. The third-order valence-electron chi connectivity index (χ3n) is 1.75. The molecule has 1 aliphatic heterocycles. The van der Waals surface area contributed by atoms with E-state index >= 15 is 0 Å². The number of dihydropyridines is 1. The van der Waals surface area contributed by atoms with Crippen molar-refractivity contribution in [3.8, 4) is 0 Å². The second-order valence-electron chi connectivity index (χ2n) is 3.55. The molecule has 0 atom stereocenters. The van der Waals surface area contributed by atoms with Crippen molar-refractivity contribution in [3.63, 3.8) is 0 Å². The highest BCUT2D eigenvalue weighted by molar-refractivity contribution is 5.71. The molecule has 4 nitrogen and oxygen atoms in total. The van der Waals surface area contributed by atoms with Crippen LogP contribution >= 0.6 is 0 Å². The molecule has 1 heterocycles. The molecule has 0 spiro atoms. The van der Waals surface area contributed by atoms with Crippen LogP contribution in [0, 0.1) is 6.04 Å². The number of ether oxygens (including phenoxy) is 1. The van der Waals surface area contributed by atoms with E-state index in [4.69, 9.17) is 4.74 Å². The molecule has 0 aliphatic carbocycles. The van der Waals surface area contributed by atoms with Crippen LogP contribution in [-0.4, -0.2) is 18.4 Å². The highest BCUT2D eigenvalue weighted by Gasteiger charge is 2.40. The van der Waals surface area contributed by atoms with E-state index in [9.17, 15) is 18.0 Å². The molecule has 0 fully saturated rings. The number of carbonyl (C=O) groups is 1. The van der Waals surface area contributed by atoms with Crippen molar-refractivity contribution in [3.05, 3.63) is 30.1 Å². The van der Waals surface area contributed by atoms with E-state index in [1.54, 1.807) is 13.8 Å². The van der Waals surface area contributed by atoms with Crippen molar-refractivity contribution in [2.24, 2.45) is 0 Å². The van der Waals surface area contributed by atoms with Crippen LogP contribution in [0.15, 0.2) is 24.0 Å². The molecule has 17 heavy (non-hydrogen) atoms. The summed E-state index contributed by atoms with van der Waals surface area (Å²) in [5.74, 6) is 0. The average molecular weight is 249 g/mol. The van der Waals surface area contributed by atoms with E-state index in [2.05, 4.69) is 5.32 Å². The SMILES string of the molecule is CC(C)OC(=O)N[C]1C=CNC=C1C(F)(F)F. The van der Waals surface area contributed by atoms with E-state index in [0.29, 0.717) is 0 Å². The number of carbonyl (C=O) groups excluding carboxylic acids is 1. The predicted octanol–water partition coefficient (Wildman–Crippen LogP) is 2.22. The van der Waals surface area contributed by atoms with Crippen molar-refractivity contribution >= 4 is 6.09 Å². The smallest absolute Gasteiger partial charge is 0.416 e. The number of alkyl carbamates (subject to hydrolysis) is 1. The summed E-state index contributed by atoms with van der Waals surface area (Å²) < 4.78 is 42.3. The fourth-order valence-corrected chi connectivity index (χ4v) is 1.13. The normalized spacial score (nSPS) is 16.5. The van der Waals surface area contributed by atoms with Crippen LogP contribution in [0.2, 0.25) is 0 Å². The molecule has 0 aromatic heterocycles. The molecule has 0 bridgehead atoms. The zero-order valence-corrected chi connectivity index (χ0v) is 9.26. The number of rotatable bonds is 2. The van der Waals surface area contributed by atoms with Crippen molar-refractivity contribution in [1.29, 1.82) is 0 Å². The summed E-state index contributed by atoms with van der Waals surface area (Å²) in [6, 6.07) is -0.345. The van der Waals surface area contributed by atoms with Gasteiger partial charge in [-0.2, -0.15) is 13.2 Å². The van der Waals surface area contributed by atoms with Crippen molar-refractivity contribution in [2.45, 2.75) is 26.1 Å². The van der Waals surface area contributed by atoms with E-state index in [-0.39, 0.29) is 6.04 Å². The molecule has 0 saturated heterocycles. The Morgan fingerprint density at radius 2 is 2.12 bits per heavy atom. The first-order valence-corrected chi connectivity index (χ1v) is 4.85. The van der Waals surface area contributed by atoms with E-state index in [0.717, 1.165) is 12.3 Å². The first-order chi connectivity index (χ1) is 7.80. The molecule has 1 rings (SSSR count). The third-order valence-corrected chi connectivity index (χ3v) is 1.75. The minimum atomic E-state index is -4.54. The van der Waals surface area contributed by atoms with Crippen LogP contribution in [-0.2, 0) is 4.74 Å². The van der Waals surface area contributed by atoms with Crippen molar-refractivity contribution in [1.82, 2.24) is 10.6 Å². The molecule has 2 N–H and O–H groups in total. The number of amides is 1. The van der Waals surface area contributed by atoms with Gasteiger partial charge in [-0.05, 0) is 26.1 Å². The first-order valence-electron chi connectivity index (χ1n) is 4.85. The molecule has 1 amide bonds. The quantitative estimate of drug-likeness (QED) is 0.788. The number of hydrogen-bond acceptors (Lipinski definition) is 3. The lowest BCUT2D eigenvalue weighted by Crippen LogP contribution is -2.36. The summed E-state index contributed by atoms with van der Waals surface area (Å²) in [5, 5.41) is 4.36. The van der Waals surface area contributed by atoms with Crippen molar-refractivity contribution in [2.75, 3.05) is 0 Å². The van der Waals surface area contributed by atoms with E-state index in [1.807, 2.05) is 5.32 Å². The Bertz CT molecular complexity index is 348. The molecule has 7 heteroatoms. The Kier molecular flexibility index (Phi) is 4.03. The number of nitrogens with one attached hydrogen (secondary N) is 2. The number of hydrogen-bond donors (Lipinski definition) is 2. The van der Waals surface area contributed by atoms with Gasteiger partial charge in [0.25, 0.3) is 0 Å². The maximum atomic E-state index is 12.5. The van der Waals surface area contributed by atoms with Gasteiger partial charge in [0.05, 0.1) is 11.7 Å². The molecular formula is C10H12F3N2O2. The van der Waals surface area contributed by atoms with Gasteiger partial charge < -0.3 is 15.4 Å². The van der Waals surface area contributed by atoms with Crippen LogP contribution in [0.5, 0.6) is 0 Å².